The molecule has 0 aliphatic heterocycles. The lowest BCUT2D eigenvalue weighted by Gasteiger charge is -2.25. The van der Waals surface area contributed by atoms with Crippen LogP contribution in [0.5, 0.6) is 0 Å². The Labute approximate surface area is 114 Å². The number of nitrogens with zero attached hydrogens (tertiary/aromatic N) is 2. The fourth-order valence-electron chi connectivity index (χ4n) is 1.93. The summed E-state index contributed by atoms with van der Waals surface area (Å²) in [5.41, 5.74) is 1.24. The van der Waals surface area contributed by atoms with Gasteiger partial charge in [0, 0.05) is 17.1 Å². The third-order valence-corrected chi connectivity index (χ3v) is 3.59. The first-order valence-electron chi connectivity index (χ1n) is 5.80. The number of halogens is 1. The Balaban J connectivity index is 2.25. The van der Waals surface area contributed by atoms with Gasteiger partial charge in [-0.3, -0.25) is 0 Å². The highest BCUT2D eigenvalue weighted by Crippen LogP contribution is 2.36. The summed E-state index contributed by atoms with van der Waals surface area (Å²) in [6.45, 7) is 0.687. The molecule has 0 saturated heterocycles. The van der Waals surface area contributed by atoms with Crippen molar-refractivity contribution in [3.8, 4) is 6.07 Å². The van der Waals surface area contributed by atoms with E-state index in [0.29, 0.717) is 19.0 Å². The molecular formula is C13H13BrN2O2. The highest BCUT2D eigenvalue weighted by molar-refractivity contribution is 9.10. The zero-order valence-electron chi connectivity index (χ0n) is 9.77. The van der Waals surface area contributed by atoms with Crippen LogP contribution in [0.4, 0.5) is 5.69 Å². The average molecular weight is 309 g/mol. The van der Waals surface area contributed by atoms with Gasteiger partial charge in [-0.25, -0.2) is 4.79 Å². The van der Waals surface area contributed by atoms with Crippen molar-refractivity contribution in [3.63, 3.8) is 0 Å². The molecule has 1 saturated carbocycles. The standard InChI is InChI=1S/C13H13BrN2O2/c14-11-8-9(13(17)18)2-5-12(11)16(7-1-6-15)10-3-4-10/h2,5,8,10H,1,3-4,7H2,(H,17,18). The maximum Gasteiger partial charge on any atom is 0.335 e. The van der Waals surface area contributed by atoms with Crippen molar-refractivity contribution in [3.05, 3.63) is 28.2 Å². The number of aromatic carboxylic acids is 1. The molecule has 0 amide bonds. The summed E-state index contributed by atoms with van der Waals surface area (Å²) in [5, 5.41) is 17.6. The van der Waals surface area contributed by atoms with Gasteiger partial charge in [-0.05, 0) is 47.0 Å². The second kappa shape index (κ2) is 5.40. The molecule has 4 nitrogen and oxygen atoms in total. The highest BCUT2D eigenvalue weighted by atomic mass is 79.9. The molecule has 0 atom stereocenters. The molecule has 0 aromatic heterocycles. The molecule has 0 heterocycles. The molecule has 1 aromatic carbocycles. The van der Waals surface area contributed by atoms with Gasteiger partial charge in [0.05, 0.1) is 23.7 Å². The number of benzene rings is 1. The largest absolute Gasteiger partial charge is 0.478 e. The second-order valence-electron chi connectivity index (χ2n) is 4.30. The molecule has 1 N–H and O–H groups in total. The Morgan fingerprint density at radius 1 is 1.56 bits per heavy atom. The zero-order valence-corrected chi connectivity index (χ0v) is 11.4. The summed E-state index contributed by atoms with van der Waals surface area (Å²) >= 11 is 3.42. The van der Waals surface area contributed by atoms with Crippen LogP contribution >= 0.6 is 15.9 Å². The van der Waals surface area contributed by atoms with Crippen molar-refractivity contribution >= 4 is 27.6 Å². The van der Waals surface area contributed by atoms with E-state index in [1.165, 1.54) is 0 Å². The van der Waals surface area contributed by atoms with Crippen molar-refractivity contribution in [2.24, 2.45) is 0 Å². The number of hydrogen-bond donors (Lipinski definition) is 1. The van der Waals surface area contributed by atoms with Crippen LogP contribution in [0, 0.1) is 11.3 Å². The van der Waals surface area contributed by atoms with Gasteiger partial charge in [0.1, 0.15) is 0 Å². The Hall–Kier alpha value is -1.54. The van der Waals surface area contributed by atoms with Gasteiger partial charge in [0.25, 0.3) is 0 Å². The Bertz CT molecular complexity index is 506. The molecule has 1 aromatic rings. The number of hydrogen-bond acceptors (Lipinski definition) is 3. The third kappa shape index (κ3) is 2.82. The Morgan fingerprint density at radius 3 is 2.78 bits per heavy atom. The van der Waals surface area contributed by atoms with Crippen molar-refractivity contribution < 1.29 is 9.90 Å². The summed E-state index contributed by atoms with van der Waals surface area (Å²) in [7, 11) is 0. The molecule has 0 radical (unpaired) electrons. The van der Waals surface area contributed by atoms with Crippen LogP contribution in [0.2, 0.25) is 0 Å². The summed E-state index contributed by atoms with van der Waals surface area (Å²) in [4.78, 5) is 13.1. The smallest absolute Gasteiger partial charge is 0.335 e. The highest BCUT2D eigenvalue weighted by Gasteiger charge is 2.30. The van der Waals surface area contributed by atoms with Crippen LogP contribution in [-0.4, -0.2) is 23.7 Å². The number of rotatable bonds is 5. The minimum Gasteiger partial charge on any atom is -0.478 e. The number of carbonyl (C=O) groups is 1. The van der Waals surface area contributed by atoms with Gasteiger partial charge < -0.3 is 10.0 Å². The van der Waals surface area contributed by atoms with E-state index >= 15 is 0 Å². The maximum atomic E-state index is 10.9. The van der Waals surface area contributed by atoms with Crippen molar-refractivity contribution in [1.82, 2.24) is 0 Å². The summed E-state index contributed by atoms with van der Waals surface area (Å²) in [6, 6.07) is 7.66. The predicted octanol–water partition coefficient (Wildman–Crippen LogP) is 3.03. The SMILES string of the molecule is N#CCCN(c1ccc(C(=O)O)cc1Br)C1CC1. The van der Waals surface area contributed by atoms with E-state index in [2.05, 4.69) is 26.9 Å². The van der Waals surface area contributed by atoms with E-state index in [0.717, 1.165) is 23.0 Å². The van der Waals surface area contributed by atoms with E-state index < -0.39 is 5.97 Å². The number of carboxylic acid groups (broad SMARTS) is 1. The van der Waals surface area contributed by atoms with Crippen LogP contribution in [-0.2, 0) is 0 Å². The fraction of sp³-hybridized carbons (Fsp3) is 0.385. The van der Waals surface area contributed by atoms with Gasteiger partial charge >= 0.3 is 5.97 Å². The van der Waals surface area contributed by atoms with Gasteiger partial charge in [0.15, 0.2) is 0 Å². The summed E-state index contributed by atoms with van der Waals surface area (Å²) < 4.78 is 0.771. The monoisotopic (exact) mass is 308 g/mol. The number of carboxylic acids is 1. The third-order valence-electron chi connectivity index (χ3n) is 2.96. The topological polar surface area (TPSA) is 64.3 Å². The predicted molar refractivity (Wildman–Crippen MR) is 71.7 cm³/mol. The molecule has 1 aliphatic carbocycles. The van der Waals surface area contributed by atoms with Crippen LogP contribution in [0.15, 0.2) is 22.7 Å². The molecule has 1 fully saturated rings. The van der Waals surface area contributed by atoms with Crippen molar-refractivity contribution in [1.29, 1.82) is 5.26 Å². The van der Waals surface area contributed by atoms with E-state index in [1.807, 2.05) is 6.07 Å². The van der Waals surface area contributed by atoms with Crippen LogP contribution < -0.4 is 4.90 Å². The van der Waals surface area contributed by atoms with Crippen LogP contribution in [0.25, 0.3) is 0 Å². The van der Waals surface area contributed by atoms with E-state index in [4.69, 9.17) is 10.4 Å². The summed E-state index contributed by atoms with van der Waals surface area (Å²) in [5.74, 6) is -0.933. The molecule has 0 unspecified atom stereocenters. The van der Waals surface area contributed by atoms with E-state index in [-0.39, 0.29) is 5.56 Å². The van der Waals surface area contributed by atoms with Crippen LogP contribution in [0.1, 0.15) is 29.6 Å². The first-order chi connectivity index (χ1) is 8.63. The van der Waals surface area contributed by atoms with E-state index in [9.17, 15) is 4.79 Å². The Kier molecular flexibility index (Phi) is 3.87. The van der Waals surface area contributed by atoms with Crippen molar-refractivity contribution in [2.75, 3.05) is 11.4 Å². The average Bonchev–Trinajstić information content (AvgIpc) is 3.15. The quantitative estimate of drug-likeness (QED) is 0.908. The molecule has 18 heavy (non-hydrogen) atoms. The van der Waals surface area contributed by atoms with E-state index in [1.54, 1.807) is 12.1 Å². The normalized spacial score (nSPS) is 14.0. The molecular weight excluding hydrogens is 296 g/mol. The fourth-order valence-corrected chi connectivity index (χ4v) is 2.54. The first-order valence-corrected chi connectivity index (χ1v) is 6.59. The molecule has 1 aliphatic rings. The van der Waals surface area contributed by atoms with Gasteiger partial charge in [0.2, 0.25) is 0 Å². The number of nitriles is 1. The lowest BCUT2D eigenvalue weighted by Crippen LogP contribution is -2.27. The van der Waals surface area contributed by atoms with Gasteiger partial charge in [-0.15, -0.1) is 0 Å². The zero-order chi connectivity index (χ0) is 13.1. The molecule has 2 rings (SSSR count). The number of anilines is 1. The first kappa shape index (κ1) is 12.9. The molecule has 94 valence electrons. The van der Waals surface area contributed by atoms with Crippen LogP contribution in [0.3, 0.4) is 0 Å². The lowest BCUT2D eigenvalue weighted by molar-refractivity contribution is 0.0697. The molecule has 0 spiro atoms. The molecule has 5 heteroatoms. The van der Waals surface area contributed by atoms with Crippen molar-refractivity contribution in [2.45, 2.75) is 25.3 Å². The summed E-state index contributed by atoms with van der Waals surface area (Å²) in [6.07, 6.45) is 2.75. The Morgan fingerprint density at radius 2 is 2.28 bits per heavy atom. The maximum absolute atomic E-state index is 10.9. The minimum absolute atomic E-state index is 0.265. The van der Waals surface area contributed by atoms with Gasteiger partial charge in [-0.1, -0.05) is 0 Å². The lowest BCUT2D eigenvalue weighted by atomic mass is 10.2. The second-order valence-corrected chi connectivity index (χ2v) is 5.16. The minimum atomic E-state index is -0.933. The molecule has 0 bridgehead atoms. The van der Waals surface area contributed by atoms with Gasteiger partial charge in [-0.2, -0.15) is 5.26 Å².